The van der Waals surface area contributed by atoms with Crippen LogP contribution in [-0.4, -0.2) is 64.8 Å². The standard InChI is InChI=1S/C20H20N6O3S2/c1-11-9-14(27)26(20(11)29)24-17-15-12(18(28)21-6-7-25(2)3)10-31-19(15)23-16(22-17)13-5-4-8-30-13/h4-5,8-10H,6-7H2,1-3H3,(H,21,28)(H,22,23,24). The maximum atomic E-state index is 12.8. The Morgan fingerprint density at radius 2 is 2.03 bits per heavy atom. The second-order valence-corrected chi connectivity index (χ2v) is 8.99. The summed E-state index contributed by atoms with van der Waals surface area (Å²) in [6, 6.07) is 3.77. The molecule has 0 bridgehead atoms. The molecule has 4 heterocycles. The van der Waals surface area contributed by atoms with E-state index in [1.54, 1.807) is 12.3 Å². The summed E-state index contributed by atoms with van der Waals surface area (Å²) in [7, 11) is 3.85. The molecule has 1 aliphatic rings. The zero-order chi connectivity index (χ0) is 22.1. The van der Waals surface area contributed by atoms with Gasteiger partial charge in [-0.15, -0.1) is 22.7 Å². The normalized spacial score (nSPS) is 13.9. The number of rotatable bonds is 7. The first-order chi connectivity index (χ1) is 14.8. The van der Waals surface area contributed by atoms with Gasteiger partial charge in [0.2, 0.25) is 0 Å². The number of carbonyl (C=O) groups is 3. The van der Waals surface area contributed by atoms with E-state index >= 15 is 0 Å². The molecule has 4 rings (SSSR count). The predicted octanol–water partition coefficient (Wildman–Crippen LogP) is 2.35. The average molecular weight is 457 g/mol. The Morgan fingerprint density at radius 1 is 1.23 bits per heavy atom. The van der Waals surface area contributed by atoms with E-state index in [-0.39, 0.29) is 11.7 Å². The lowest BCUT2D eigenvalue weighted by atomic mass is 10.2. The van der Waals surface area contributed by atoms with Crippen molar-refractivity contribution in [1.82, 2.24) is 25.2 Å². The second-order valence-electron chi connectivity index (χ2n) is 7.18. The van der Waals surface area contributed by atoms with Crippen LogP contribution in [0.5, 0.6) is 0 Å². The maximum Gasteiger partial charge on any atom is 0.275 e. The van der Waals surface area contributed by atoms with Crippen molar-refractivity contribution >= 4 is 56.4 Å². The van der Waals surface area contributed by atoms with E-state index in [1.165, 1.54) is 28.7 Å². The van der Waals surface area contributed by atoms with Gasteiger partial charge in [-0.2, -0.15) is 5.01 Å². The van der Waals surface area contributed by atoms with Crippen LogP contribution in [-0.2, 0) is 9.59 Å². The van der Waals surface area contributed by atoms with E-state index < -0.39 is 11.8 Å². The van der Waals surface area contributed by atoms with Crippen molar-refractivity contribution in [1.29, 1.82) is 0 Å². The summed E-state index contributed by atoms with van der Waals surface area (Å²) in [5.74, 6) is -0.523. The van der Waals surface area contributed by atoms with Crippen LogP contribution in [0, 0.1) is 0 Å². The number of carbonyl (C=O) groups excluding carboxylic acids is 3. The SMILES string of the molecule is CC1=CC(=O)N(Nc2nc(-c3cccs3)nc3scc(C(=O)NCCN(C)C)c23)C1=O. The molecule has 3 amide bonds. The zero-order valence-corrected chi connectivity index (χ0v) is 18.8. The number of imide groups is 1. The summed E-state index contributed by atoms with van der Waals surface area (Å²) in [4.78, 5) is 50.0. The first-order valence-corrected chi connectivity index (χ1v) is 11.2. The number of hydrogen-bond acceptors (Lipinski definition) is 9. The Bertz CT molecular complexity index is 1200. The van der Waals surface area contributed by atoms with Crippen molar-refractivity contribution in [2.24, 2.45) is 0 Å². The smallest absolute Gasteiger partial charge is 0.275 e. The van der Waals surface area contributed by atoms with Gasteiger partial charge in [-0.25, -0.2) is 9.97 Å². The third-order valence-corrected chi connectivity index (χ3v) is 6.32. The van der Waals surface area contributed by atoms with Crippen molar-refractivity contribution < 1.29 is 14.4 Å². The zero-order valence-electron chi connectivity index (χ0n) is 17.1. The Labute approximate surface area is 186 Å². The molecular formula is C20H20N6O3S2. The fraction of sp³-hybridized carbons (Fsp3) is 0.250. The van der Waals surface area contributed by atoms with Crippen molar-refractivity contribution in [2.45, 2.75) is 6.92 Å². The number of hydrazine groups is 1. The maximum absolute atomic E-state index is 12.8. The van der Waals surface area contributed by atoms with E-state index in [1.807, 2.05) is 36.5 Å². The minimum atomic E-state index is -0.487. The monoisotopic (exact) mass is 456 g/mol. The van der Waals surface area contributed by atoms with Crippen molar-refractivity contribution in [3.8, 4) is 10.7 Å². The highest BCUT2D eigenvalue weighted by molar-refractivity contribution is 7.17. The Morgan fingerprint density at radius 3 is 2.68 bits per heavy atom. The Balaban J connectivity index is 1.75. The van der Waals surface area contributed by atoms with Gasteiger partial charge in [0.15, 0.2) is 11.6 Å². The van der Waals surface area contributed by atoms with E-state index in [0.717, 1.165) is 9.89 Å². The molecule has 0 aromatic carbocycles. The van der Waals surface area contributed by atoms with Crippen LogP contribution in [0.15, 0.2) is 34.5 Å². The quantitative estimate of drug-likeness (QED) is 0.526. The van der Waals surface area contributed by atoms with Gasteiger partial charge in [0.1, 0.15) is 4.83 Å². The van der Waals surface area contributed by atoms with Gasteiger partial charge in [-0.05, 0) is 32.5 Å². The summed E-state index contributed by atoms with van der Waals surface area (Å²) < 4.78 is 0. The summed E-state index contributed by atoms with van der Waals surface area (Å²) in [6.45, 7) is 2.74. The average Bonchev–Trinajstić information content (AvgIpc) is 3.44. The van der Waals surface area contributed by atoms with Gasteiger partial charge in [0.05, 0.1) is 15.8 Å². The third-order valence-electron chi connectivity index (χ3n) is 4.58. The van der Waals surface area contributed by atoms with Crippen molar-refractivity contribution in [2.75, 3.05) is 32.6 Å². The number of thiophene rings is 2. The predicted molar refractivity (Wildman–Crippen MR) is 121 cm³/mol. The number of aromatic nitrogens is 2. The molecule has 31 heavy (non-hydrogen) atoms. The fourth-order valence-electron chi connectivity index (χ4n) is 2.99. The van der Waals surface area contributed by atoms with Gasteiger partial charge >= 0.3 is 0 Å². The van der Waals surface area contributed by atoms with Crippen LogP contribution >= 0.6 is 22.7 Å². The van der Waals surface area contributed by atoms with Crippen molar-refractivity contribution in [3.05, 3.63) is 40.1 Å². The Kier molecular flexibility index (Phi) is 5.81. The molecule has 0 unspecified atom stereocenters. The molecule has 0 saturated heterocycles. The number of fused-ring (bicyclic) bond motifs is 1. The summed E-state index contributed by atoms with van der Waals surface area (Å²) in [5.41, 5.74) is 3.54. The van der Waals surface area contributed by atoms with E-state index in [2.05, 4.69) is 20.7 Å². The molecule has 0 aliphatic carbocycles. The number of anilines is 1. The van der Waals surface area contributed by atoms with Crippen LogP contribution in [0.2, 0.25) is 0 Å². The van der Waals surface area contributed by atoms with Gasteiger partial charge in [-0.1, -0.05) is 6.07 Å². The topological polar surface area (TPSA) is 108 Å². The molecule has 11 heteroatoms. The molecule has 2 N–H and O–H groups in total. The highest BCUT2D eigenvalue weighted by Crippen LogP contribution is 2.34. The number of nitrogens with zero attached hydrogens (tertiary/aromatic N) is 4. The van der Waals surface area contributed by atoms with Crippen LogP contribution < -0.4 is 10.7 Å². The van der Waals surface area contributed by atoms with E-state index in [4.69, 9.17) is 0 Å². The van der Waals surface area contributed by atoms with E-state index in [0.29, 0.717) is 40.3 Å². The van der Waals surface area contributed by atoms with Gasteiger partial charge in [0, 0.05) is 30.1 Å². The minimum Gasteiger partial charge on any atom is -0.351 e. The number of likely N-dealkylation sites (N-methyl/N-ethyl adjacent to an activating group) is 1. The molecule has 0 saturated carbocycles. The van der Waals surface area contributed by atoms with Gasteiger partial charge in [0.25, 0.3) is 17.7 Å². The summed E-state index contributed by atoms with van der Waals surface area (Å²) in [5, 5.41) is 7.88. The van der Waals surface area contributed by atoms with Gasteiger partial charge in [-0.3, -0.25) is 19.8 Å². The number of amides is 3. The molecule has 0 atom stereocenters. The number of nitrogens with one attached hydrogen (secondary N) is 2. The second kappa shape index (κ2) is 8.53. The molecule has 160 valence electrons. The third kappa shape index (κ3) is 4.20. The molecule has 0 radical (unpaired) electrons. The van der Waals surface area contributed by atoms with Gasteiger partial charge < -0.3 is 10.2 Å². The summed E-state index contributed by atoms with van der Waals surface area (Å²) in [6.07, 6.45) is 1.26. The highest BCUT2D eigenvalue weighted by atomic mass is 32.1. The molecule has 3 aromatic heterocycles. The molecule has 9 nitrogen and oxygen atoms in total. The van der Waals surface area contributed by atoms with E-state index in [9.17, 15) is 14.4 Å². The molecule has 1 aliphatic heterocycles. The summed E-state index contributed by atoms with van der Waals surface area (Å²) >= 11 is 2.78. The largest absolute Gasteiger partial charge is 0.351 e. The first-order valence-electron chi connectivity index (χ1n) is 9.44. The first kappa shape index (κ1) is 21.1. The number of hydrogen-bond donors (Lipinski definition) is 2. The minimum absolute atomic E-state index is 0.234. The van der Waals surface area contributed by atoms with Crippen LogP contribution in [0.4, 0.5) is 5.82 Å². The van der Waals surface area contributed by atoms with Crippen LogP contribution in [0.25, 0.3) is 20.9 Å². The van der Waals surface area contributed by atoms with Crippen LogP contribution in [0.1, 0.15) is 17.3 Å². The van der Waals surface area contributed by atoms with Crippen molar-refractivity contribution in [3.63, 3.8) is 0 Å². The molecule has 0 fully saturated rings. The lowest BCUT2D eigenvalue weighted by molar-refractivity contribution is -0.135. The lowest BCUT2D eigenvalue weighted by Crippen LogP contribution is -2.37. The highest BCUT2D eigenvalue weighted by Gasteiger charge is 2.30. The molecule has 3 aromatic rings. The lowest BCUT2D eigenvalue weighted by Gasteiger charge is -2.18. The fourth-order valence-corrected chi connectivity index (χ4v) is 4.57. The molecule has 0 spiro atoms. The Hall–Kier alpha value is -3.15. The molecular weight excluding hydrogens is 436 g/mol. The van der Waals surface area contributed by atoms with Crippen LogP contribution in [0.3, 0.4) is 0 Å².